The van der Waals surface area contributed by atoms with Crippen LogP contribution < -0.4 is 5.32 Å². The average Bonchev–Trinajstić information content (AvgIpc) is 2.82. The fraction of sp³-hybridized carbons (Fsp3) is 1.00. The summed E-state index contributed by atoms with van der Waals surface area (Å²) in [5.41, 5.74) is 0. The maximum absolute atomic E-state index is 5.79. The minimum atomic E-state index is 0.167. The van der Waals surface area contributed by atoms with Crippen molar-refractivity contribution in [2.24, 2.45) is 0 Å². The number of hydrogen-bond donors (Lipinski definition) is 1. The van der Waals surface area contributed by atoms with Gasteiger partial charge in [-0.2, -0.15) is 0 Å². The van der Waals surface area contributed by atoms with Crippen molar-refractivity contribution in [2.45, 2.75) is 31.2 Å². The van der Waals surface area contributed by atoms with Crippen LogP contribution in [0.3, 0.4) is 0 Å². The second-order valence-electron chi connectivity index (χ2n) is 3.64. The second-order valence-corrected chi connectivity index (χ2v) is 3.64. The molecule has 1 saturated carbocycles. The van der Waals surface area contributed by atoms with E-state index >= 15 is 0 Å². The molecule has 0 bridgehead atoms. The Morgan fingerprint density at radius 3 is 2.69 bits per heavy atom. The van der Waals surface area contributed by atoms with Crippen LogP contribution in [0.15, 0.2) is 0 Å². The molecule has 4 nitrogen and oxygen atoms in total. The summed E-state index contributed by atoms with van der Waals surface area (Å²) in [6, 6.07) is 0. The lowest BCUT2D eigenvalue weighted by atomic mass is 10.2. The van der Waals surface area contributed by atoms with E-state index in [-0.39, 0.29) is 12.2 Å². The third-order valence-corrected chi connectivity index (χ3v) is 2.40. The van der Waals surface area contributed by atoms with Crippen molar-refractivity contribution in [3.63, 3.8) is 0 Å². The van der Waals surface area contributed by atoms with Crippen LogP contribution in [0.5, 0.6) is 0 Å². The number of rotatable bonds is 5. The zero-order valence-corrected chi connectivity index (χ0v) is 7.99. The van der Waals surface area contributed by atoms with Crippen molar-refractivity contribution in [1.29, 1.82) is 0 Å². The average molecular weight is 187 g/mol. The Labute approximate surface area is 78.5 Å². The van der Waals surface area contributed by atoms with E-state index in [4.69, 9.17) is 14.2 Å². The smallest absolute Gasteiger partial charge is 0.146 e. The number of methoxy groups -OCH3 is 1. The Hall–Kier alpha value is -0.160. The van der Waals surface area contributed by atoms with Gasteiger partial charge in [0.25, 0.3) is 0 Å². The van der Waals surface area contributed by atoms with E-state index in [2.05, 4.69) is 5.32 Å². The van der Waals surface area contributed by atoms with Gasteiger partial charge < -0.3 is 19.5 Å². The molecule has 0 aromatic rings. The van der Waals surface area contributed by atoms with Gasteiger partial charge in [-0.3, -0.25) is 0 Å². The molecule has 1 N–H and O–H groups in total. The molecule has 0 spiro atoms. The van der Waals surface area contributed by atoms with E-state index in [1.165, 1.54) is 12.8 Å². The van der Waals surface area contributed by atoms with E-state index < -0.39 is 0 Å². The van der Waals surface area contributed by atoms with Gasteiger partial charge in [0.1, 0.15) is 12.9 Å². The van der Waals surface area contributed by atoms with Gasteiger partial charge in [-0.05, 0) is 12.8 Å². The molecule has 1 saturated heterocycles. The van der Waals surface area contributed by atoms with Crippen molar-refractivity contribution in [2.75, 3.05) is 27.0 Å². The van der Waals surface area contributed by atoms with Gasteiger partial charge in [-0.25, -0.2) is 0 Å². The molecule has 1 aliphatic carbocycles. The van der Waals surface area contributed by atoms with Crippen molar-refractivity contribution in [3.8, 4) is 0 Å². The normalized spacial score (nSPS) is 33.9. The lowest BCUT2D eigenvalue weighted by Gasteiger charge is -2.18. The highest BCUT2D eigenvalue weighted by atomic mass is 16.7. The Balaban J connectivity index is 1.72. The molecule has 0 aromatic carbocycles. The van der Waals surface area contributed by atoms with Crippen LogP contribution >= 0.6 is 0 Å². The monoisotopic (exact) mass is 187 g/mol. The molecule has 1 heterocycles. The fourth-order valence-corrected chi connectivity index (χ4v) is 1.54. The first-order valence-corrected chi connectivity index (χ1v) is 4.87. The maximum atomic E-state index is 5.79. The summed E-state index contributed by atoms with van der Waals surface area (Å²) in [7, 11) is 1.64. The first-order valence-electron chi connectivity index (χ1n) is 4.87. The molecule has 2 fully saturated rings. The fourth-order valence-electron chi connectivity index (χ4n) is 1.54. The molecule has 13 heavy (non-hydrogen) atoms. The van der Waals surface area contributed by atoms with Crippen LogP contribution in [-0.4, -0.2) is 45.3 Å². The molecular formula is C9H17NO3. The summed E-state index contributed by atoms with van der Waals surface area (Å²) in [4.78, 5) is 0. The summed E-state index contributed by atoms with van der Waals surface area (Å²) in [5, 5.41) is 3.26. The second kappa shape index (κ2) is 4.37. The summed E-state index contributed by atoms with van der Waals surface area (Å²) in [6.45, 7) is 2.14. The minimum Gasteiger partial charge on any atom is -0.371 e. The first kappa shape index (κ1) is 9.40. The number of ether oxygens (including phenoxy) is 3. The van der Waals surface area contributed by atoms with Crippen molar-refractivity contribution < 1.29 is 14.2 Å². The summed E-state index contributed by atoms with van der Waals surface area (Å²) < 4.78 is 16.1. The van der Waals surface area contributed by atoms with Gasteiger partial charge in [0.05, 0.1) is 12.2 Å². The Kier molecular flexibility index (Phi) is 3.16. The SMILES string of the molecule is COCO[C@@H]1CNC[C@H]1OC1CC1. The molecule has 0 amide bonds. The van der Waals surface area contributed by atoms with E-state index in [1.54, 1.807) is 7.11 Å². The lowest BCUT2D eigenvalue weighted by Crippen LogP contribution is -2.31. The predicted molar refractivity (Wildman–Crippen MR) is 47.5 cm³/mol. The molecular weight excluding hydrogens is 170 g/mol. The molecule has 4 heteroatoms. The minimum absolute atomic E-state index is 0.167. The topological polar surface area (TPSA) is 39.7 Å². The molecule has 2 atom stereocenters. The Morgan fingerprint density at radius 2 is 2.00 bits per heavy atom. The zero-order valence-electron chi connectivity index (χ0n) is 7.99. The van der Waals surface area contributed by atoms with E-state index in [1.807, 2.05) is 0 Å². The Bertz CT molecular complexity index is 161. The highest BCUT2D eigenvalue weighted by Gasteiger charge is 2.34. The highest BCUT2D eigenvalue weighted by molar-refractivity contribution is 4.86. The van der Waals surface area contributed by atoms with Gasteiger partial charge in [0.2, 0.25) is 0 Å². The van der Waals surface area contributed by atoms with Gasteiger partial charge in [0, 0.05) is 20.2 Å². The van der Waals surface area contributed by atoms with Gasteiger partial charge in [0.15, 0.2) is 0 Å². The third-order valence-electron chi connectivity index (χ3n) is 2.40. The zero-order chi connectivity index (χ0) is 9.10. The molecule has 0 unspecified atom stereocenters. The van der Waals surface area contributed by atoms with Gasteiger partial charge in [-0.15, -0.1) is 0 Å². The number of hydrogen-bond acceptors (Lipinski definition) is 4. The third kappa shape index (κ3) is 2.64. The van der Waals surface area contributed by atoms with Gasteiger partial charge >= 0.3 is 0 Å². The van der Waals surface area contributed by atoms with Crippen molar-refractivity contribution in [1.82, 2.24) is 5.32 Å². The van der Waals surface area contributed by atoms with Crippen LogP contribution in [0, 0.1) is 0 Å². The standard InChI is InChI=1S/C9H17NO3/c1-11-6-12-8-4-10-5-9(8)13-7-2-3-7/h7-10H,2-6H2,1H3/t8-,9-/m1/s1. The molecule has 76 valence electrons. The Morgan fingerprint density at radius 1 is 1.23 bits per heavy atom. The highest BCUT2D eigenvalue weighted by Crippen LogP contribution is 2.27. The summed E-state index contributed by atoms with van der Waals surface area (Å²) >= 11 is 0. The molecule has 0 aromatic heterocycles. The van der Waals surface area contributed by atoms with Crippen LogP contribution in [0.4, 0.5) is 0 Å². The molecule has 2 aliphatic rings. The first-order chi connectivity index (χ1) is 6.40. The molecule has 2 rings (SSSR count). The van der Waals surface area contributed by atoms with Crippen LogP contribution in [-0.2, 0) is 14.2 Å². The van der Waals surface area contributed by atoms with E-state index in [9.17, 15) is 0 Å². The van der Waals surface area contributed by atoms with Crippen molar-refractivity contribution >= 4 is 0 Å². The van der Waals surface area contributed by atoms with Crippen LogP contribution in [0.25, 0.3) is 0 Å². The molecule has 1 aliphatic heterocycles. The lowest BCUT2D eigenvalue weighted by molar-refractivity contribution is -0.113. The number of nitrogens with one attached hydrogen (secondary N) is 1. The van der Waals surface area contributed by atoms with Gasteiger partial charge in [-0.1, -0.05) is 0 Å². The predicted octanol–water partition coefficient (Wildman–Crippen LogP) is 0.126. The largest absolute Gasteiger partial charge is 0.371 e. The maximum Gasteiger partial charge on any atom is 0.146 e. The van der Waals surface area contributed by atoms with Crippen molar-refractivity contribution in [3.05, 3.63) is 0 Å². The van der Waals surface area contributed by atoms with E-state index in [0.29, 0.717) is 12.9 Å². The summed E-state index contributed by atoms with van der Waals surface area (Å²) in [5.74, 6) is 0. The van der Waals surface area contributed by atoms with E-state index in [0.717, 1.165) is 13.1 Å². The van der Waals surface area contributed by atoms with Crippen LogP contribution in [0.1, 0.15) is 12.8 Å². The van der Waals surface area contributed by atoms with Crippen LogP contribution in [0.2, 0.25) is 0 Å². The quantitative estimate of drug-likeness (QED) is 0.621. The molecule has 0 radical (unpaired) electrons. The summed E-state index contributed by atoms with van der Waals surface area (Å²) in [6.07, 6.45) is 3.32.